The van der Waals surface area contributed by atoms with Crippen molar-refractivity contribution in [3.05, 3.63) is 107 Å². The summed E-state index contributed by atoms with van der Waals surface area (Å²) in [6, 6.07) is 22.8. The Bertz CT molecular complexity index is 1820. The van der Waals surface area contributed by atoms with Crippen molar-refractivity contribution < 1.29 is 31.8 Å². The number of carbonyl (C=O) groups is 1. The van der Waals surface area contributed by atoms with Crippen molar-refractivity contribution >= 4 is 28.4 Å². The SMILES string of the molecule is N.O=C(O)c1csc(-n2nc(-c3cccc(-c4ccccc4)c3)c(Cc3ccc([SH+](=O)[O-])cc3)c2C2(C(F)(F)F)CC2)n1. The van der Waals surface area contributed by atoms with Gasteiger partial charge in [0, 0.05) is 22.9 Å². The maximum Gasteiger partial charge on any atom is 0.399 e. The van der Waals surface area contributed by atoms with Gasteiger partial charge in [-0.25, -0.2) is 14.5 Å². The van der Waals surface area contributed by atoms with Gasteiger partial charge in [-0.2, -0.15) is 18.3 Å². The van der Waals surface area contributed by atoms with Gasteiger partial charge in [-0.1, -0.05) is 60.7 Å². The molecule has 13 heteroatoms. The van der Waals surface area contributed by atoms with Gasteiger partial charge in [0.2, 0.25) is 5.13 Å². The second kappa shape index (κ2) is 11.5. The minimum absolute atomic E-state index is 0. The van der Waals surface area contributed by atoms with Gasteiger partial charge in [-0.05, 0) is 47.7 Å². The van der Waals surface area contributed by atoms with Crippen LogP contribution in [0.1, 0.15) is 40.2 Å². The van der Waals surface area contributed by atoms with Gasteiger partial charge in [0.05, 0.1) is 22.5 Å². The van der Waals surface area contributed by atoms with Gasteiger partial charge in [0.15, 0.2) is 10.6 Å². The summed E-state index contributed by atoms with van der Waals surface area (Å²) in [6.07, 6.45) is -4.86. The summed E-state index contributed by atoms with van der Waals surface area (Å²) in [5, 5.41) is 15.4. The van der Waals surface area contributed by atoms with Crippen LogP contribution in [0.2, 0.25) is 0 Å². The van der Waals surface area contributed by atoms with Gasteiger partial charge in [0.1, 0.15) is 5.41 Å². The standard InChI is InChI=1S/C30H22F3N3O4S2.H3N/c31-30(32,33)29(13-14-29)26-23(15-18-9-11-22(12-10-18)42(39)40)25(35-36(26)28-34-24(17-41-28)27(37)38)21-8-4-7-20(16-21)19-5-2-1-3-6-19;/h1-12,16-17,42H,13-15H2,(H-,37,38,39,40);1H3. The molecule has 1 aliphatic rings. The maximum absolute atomic E-state index is 14.7. The summed E-state index contributed by atoms with van der Waals surface area (Å²) in [7, 11) is 0. The second-order valence-corrected chi connectivity index (χ2v) is 11.9. The first-order chi connectivity index (χ1) is 20.1. The van der Waals surface area contributed by atoms with E-state index in [0.29, 0.717) is 22.4 Å². The fourth-order valence-electron chi connectivity index (χ4n) is 5.14. The number of halogens is 3. The van der Waals surface area contributed by atoms with Crippen LogP contribution in [0.3, 0.4) is 0 Å². The van der Waals surface area contributed by atoms with Crippen LogP contribution >= 0.6 is 11.3 Å². The highest BCUT2D eigenvalue weighted by molar-refractivity contribution is 7.79. The third-order valence-electron chi connectivity index (χ3n) is 7.39. The van der Waals surface area contributed by atoms with E-state index in [1.807, 2.05) is 48.5 Å². The zero-order valence-electron chi connectivity index (χ0n) is 22.4. The van der Waals surface area contributed by atoms with Crippen LogP contribution in [-0.2, 0) is 27.1 Å². The molecule has 1 saturated carbocycles. The number of thiol groups is 1. The molecule has 1 aliphatic carbocycles. The molecule has 6 rings (SSSR count). The van der Waals surface area contributed by atoms with E-state index in [1.54, 1.807) is 18.2 Å². The summed E-state index contributed by atoms with van der Waals surface area (Å²) in [6.45, 7) is 0. The third kappa shape index (κ3) is 5.64. The number of nitrogens with zero attached hydrogens (tertiary/aromatic N) is 3. The van der Waals surface area contributed by atoms with E-state index in [2.05, 4.69) is 4.98 Å². The first-order valence-electron chi connectivity index (χ1n) is 12.8. The molecule has 0 bridgehead atoms. The monoisotopic (exact) mass is 626 g/mol. The number of carboxylic acid groups (broad SMARTS) is 1. The van der Waals surface area contributed by atoms with Gasteiger partial charge in [-0.3, -0.25) is 0 Å². The average molecular weight is 627 g/mol. The van der Waals surface area contributed by atoms with Gasteiger partial charge >= 0.3 is 12.1 Å². The van der Waals surface area contributed by atoms with E-state index >= 15 is 0 Å². The zero-order valence-corrected chi connectivity index (χ0v) is 24.1. The smallest absolute Gasteiger partial charge is 0.399 e. The highest BCUT2D eigenvalue weighted by Gasteiger charge is 2.67. The van der Waals surface area contributed by atoms with E-state index in [4.69, 9.17) is 5.10 Å². The molecule has 43 heavy (non-hydrogen) atoms. The Hall–Kier alpha value is -4.17. The molecule has 0 saturated heterocycles. The average Bonchev–Trinajstić information content (AvgIpc) is 3.49. The summed E-state index contributed by atoms with van der Waals surface area (Å²) in [5.41, 5.74) is 1.02. The largest absolute Gasteiger partial charge is 0.612 e. The molecule has 2 heterocycles. The minimum Gasteiger partial charge on any atom is -0.612 e. The molecule has 1 atom stereocenters. The fourth-order valence-corrected chi connectivity index (χ4v) is 6.28. The molecule has 1 fully saturated rings. The number of thiazole rings is 1. The number of aromatic carboxylic acids is 1. The highest BCUT2D eigenvalue weighted by atomic mass is 32.2. The Morgan fingerprint density at radius 2 is 1.65 bits per heavy atom. The number of alkyl halides is 3. The molecule has 8 nitrogen and oxygen atoms in total. The minimum atomic E-state index is -4.60. The molecular formula is C30H25F3N4O4S2. The third-order valence-corrected chi connectivity index (χ3v) is 8.93. The topological polar surface area (TPSA) is 143 Å². The molecule has 1 unspecified atom stereocenters. The Morgan fingerprint density at radius 3 is 2.23 bits per heavy atom. The Morgan fingerprint density at radius 1 is 1.00 bits per heavy atom. The molecule has 0 radical (unpaired) electrons. The first kappa shape index (κ1) is 30.3. The lowest BCUT2D eigenvalue weighted by atomic mass is 9.90. The van der Waals surface area contributed by atoms with Crippen molar-refractivity contribution in [2.75, 3.05) is 0 Å². The molecule has 4 N–H and O–H groups in total. The molecule has 0 aliphatic heterocycles. The van der Waals surface area contributed by atoms with Crippen LogP contribution in [-0.4, -0.2) is 36.6 Å². The number of hydrogen-bond acceptors (Lipinski definition) is 7. The van der Waals surface area contributed by atoms with Crippen molar-refractivity contribution in [1.82, 2.24) is 20.9 Å². The van der Waals surface area contributed by atoms with Crippen molar-refractivity contribution in [2.45, 2.75) is 35.7 Å². The van der Waals surface area contributed by atoms with Gasteiger partial charge in [0.25, 0.3) is 0 Å². The first-order valence-corrected chi connectivity index (χ1v) is 14.9. The molecule has 3 aromatic carbocycles. The van der Waals surface area contributed by atoms with Crippen molar-refractivity contribution in [3.8, 4) is 27.5 Å². The zero-order chi connectivity index (χ0) is 29.6. The van der Waals surface area contributed by atoms with Crippen molar-refractivity contribution in [1.29, 1.82) is 0 Å². The molecular weight excluding hydrogens is 601 g/mol. The lowest BCUT2D eigenvalue weighted by Gasteiger charge is -2.22. The predicted octanol–water partition coefficient (Wildman–Crippen LogP) is 6.89. The van der Waals surface area contributed by atoms with Crippen LogP contribution in [0.15, 0.2) is 89.1 Å². The summed E-state index contributed by atoms with van der Waals surface area (Å²) < 4.78 is 68.2. The van der Waals surface area contributed by atoms with E-state index in [-0.39, 0.29) is 46.8 Å². The normalized spacial score (nSPS) is 14.6. The van der Waals surface area contributed by atoms with E-state index < -0.39 is 28.6 Å². The molecule has 5 aromatic rings. The van der Waals surface area contributed by atoms with Gasteiger partial charge < -0.3 is 15.8 Å². The number of aromatic nitrogens is 3. The second-order valence-electron chi connectivity index (χ2n) is 10.0. The molecule has 2 aromatic heterocycles. The number of hydrogen-bond donors (Lipinski definition) is 2. The van der Waals surface area contributed by atoms with Crippen LogP contribution in [0, 0.1) is 0 Å². The van der Waals surface area contributed by atoms with E-state index in [1.165, 1.54) is 17.5 Å². The van der Waals surface area contributed by atoms with Crippen LogP contribution in [0.25, 0.3) is 27.5 Å². The Balaban J connectivity index is 0.00000368. The number of carboxylic acids is 1. The number of benzene rings is 3. The lowest BCUT2D eigenvalue weighted by molar-refractivity contribution is -0.162. The lowest BCUT2D eigenvalue weighted by Crippen LogP contribution is -2.32. The quantitative estimate of drug-likeness (QED) is 0.141. The highest BCUT2D eigenvalue weighted by Crippen LogP contribution is 2.61. The van der Waals surface area contributed by atoms with E-state index in [0.717, 1.165) is 27.1 Å². The Labute approximate surface area is 250 Å². The summed E-state index contributed by atoms with van der Waals surface area (Å²) in [4.78, 5) is 15.8. The summed E-state index contributed by atoms with van der Waals surface area (Å²) in [5.74, 6) is -1.30. The predicted molar refractivity (Wildman–Crippen MR) is 157 cm³/mol. The van der Waals surface area contributed by atoms with Gasteiger partial charge in [-0.15, -0.1) is 15.5 Å². The van der Waals surface area contributed by atoms with Crippen LogP contribution in [0.5, 0.6) is 0 Å². The Kier molecular flexibility index (Phi) is 8.09. The van der Waals surface area contributed by atoms with Crippen LogP contribution < -0.4 is 6.15 Å². The van der Waals surface area contributed by atoms with Crippen molar-refractivity contribution in [3.63, 3.8) is 0 Å². The summed E-state index contributed by atoms with van der Waals surface area (Å²) >= 11 is -1.91. The number of rotatable bonds is 8. The molecule has 0 spiro atoms. The fraction of sp³-hybridized carbons (Fsp3) is 0.167. The van der Waals surface area contributed by atoms with E-state index in [9.17, 15) is 31.8 Å². The van der Waals surface area contributed by atoms with Crippen LogP contribution in [0.4, 0.5) is 13.2 Å². The van der Waals surface area contributed by atoms with Crippen molar-refractivity contribution in [2.24, 2.45) is 0 Å². The molecule has 222 valence electrons. The molecule has 0 amide bonds. The maximum atomic E-state index is 14.7.